The van der Waals surface area contributed by atoms with E-state index in [0.717, 1.165) is 31.3 Å². The van der Waals surface area contributed by atoms with E-state index in [1.165, 1.54) is 11.1 Å². The molecule has 1 heterocycles. The monoisotopic (exact) mass is 233 g/mol. The summed E-state index contributed by atoms with van der Waals surface area (Å²) in [6.45, 7) is 7.35. The normalized spacial score (nSPS) is 14.1. The molecule has 0 spiro atoms. The Morgan fingerprint density at radius 1 is 1.29 bits per heavy atom. The van der Waals surface area contributed by atoms with Gasteiger partial charge in [-0.3, -0.25) is 4.99 Å². The van der Waals surface area contributed by atoms with Crippen LogP contribution in [-0.2, 0) is 0 Å². The van der Waals surface area contributed by atoms with Crippen molar-refractivity contribution in [2.24, 2.45) is 4.99 Å². The van der Waals surface area contributed by atoms with Gasteiger partial charge in [-0.25, -0.2) is 0 Å². The molecule has 4 nitrogen and oxygen atoms in total. The molecule has 0 atom stereocenters. The van der Waals surface area contributed by atoms with E-state index in [1.807, 2.05) is 0 Å². The Morgan fingerprint density at radius 3 is 2.71 bits per heavy atom. The fourth-order valence-corrected chi connectivity index (χ4v) is 1.87. The van der Waals surface area contributed by atoms with Crippen LogP contribution >= 0.6 is 0 Å². The van der Waals surface area contributed by atoms with Crippen LogP contribution in [-0.4, -0.2) is 32.2 Å². The Labute approximate surface area is 102 Å². The lowest BCUT2D eigenvalue weighted by Crippen LogP contribution is -2.36. The number of hydrogen-bond donors (Lipinski definition) is 2. The summed E-state index contributed by atoms with van der Waals surface area (Å²) < 4.78 is 5.68. The maximum absolute atomic E-state index is 5.68. The molecule has 92 valence electrons. The Bertz CT molecular complexity index is 395. The van der Waals surface area contributed by atoms with Gasteiger partial charge in [0.15, 0.2) is 5.96 Å². The third kappa shape index (κ3) is 3.66. The zero-order chi connectivity index (χ0) is 12.1. The number of nitrogens with one attached hydrogen (secondary N) is 2. The number of guanidine groups is 1. The van der Waals surface area contributed by atoms with Crippen LogP contribution in [0, 0.1) is 13.8 Å². The molecule has 1 aliphatic rings. The van der Waals surface area contributed by atoms with Crippen LogP contribution in [0.25, 0.3) is 0 Å². The number of ether oxygens (including phenoxy) is 1. The first-order chi connectivity index (χ1) is 8.24. The summed E-state index contributed by atoms with van der Waals surface area (Å²) in [7, 11) is 0. The molecular weight excluding hydrogens is 214 g/mol. The Morgan fingerprint density at radius 2 is 2.06 bits per heavy atom. The fraction of sp³-hybridized carbons (Fsp3) is 0.462. The molecule has 2 rings (SSSR count). The SMILES string of the molecule is Cc1cc(C)cc(OCCNC2=NCCN2)c1. The average Bonchev–Trinajstić information content (AvgIpc) is 2.76. The first kappa shape index (κ1) is 11.8. The minimum absolute atomic E-state index is 0.642. The number of aryl methyl sites for hydroxylation is 2. The maximum atomic E-state index is 5.68. The van der Waals surface area contributed by atoms with Crippen molar-refractivity contribution >= 4 is 5.96 Å². The molecule has 0 amide bonds. The first-order valence-electron chi connectivity index (χ1n) is 5.97. The van der Waals surface area contributed by atoms with Crippen LogP contribution in [0.15, 0.2) is 23.2 Å². The van der Waals surface area contributed by atoms with Gasteiger partial charge in [-0.2, -0.15) is 0 Å². The van der Waals surface area contributed by atoms with Gasteiger partial charge in [0.2, 0.25) is 0 Å². The Kier molecular flexibility index (Phi) is 3.85. The van der Waals surface area contributed by atoms with E-state index in [2.05, 4.69) is 47.7 Å². The second kappa shape index (κ2) is 5.57. The van der Waals surface area contributed by atoms with Gasteiger partial charge in [0.1, 0.15) is 12.4 Å². The summed E-state index contributed by atoms with van der Waals surface area (Å²) in [5.74, 6) is 1.82. The molecule has 0 radical (unpaired) electrons. The van der Waals surface area contributed by atoms with Gasteiger partial charge >= 0.3 is 0 Å². The van der Waals surface area contributed by atoms with Crippen molar-refractivity contribution in [3.63, 3.8) is 0 Å². The van der Waals surface area contributed by atoms with Crippen LogP contribution < -0.4 is 15.4 Å². The third-order valence-electron chi connectivity index (χ3n) is 2.53. The highest BCUT2D eigenvalue weighted by Crippen LogP contribution is 2.15. The zero-order valence-corrected chi connectivity index (χ0v) is 10.4. The van der Waals surface area contributed by atoms with Gasteiger partial charge in [0.25, 0.3) is 0 Å². The number of hydrogen-bond acceptors (Lipinski definition) is 4. The number of benzene rings is 1. The molecule has 0 saturated heterocycles. The van der Waals surface area contributed by atoms with Gasteiger partial charge in [-0.05, 0) is 37.1 Å². The predicted octanol–water partition coefficient (Wildman–Crippen LogP) is 1.23. The molecule has 0 saturated carbocycles. The van der Waals surface area contributed by atoms with Crippen LogP contribution in [0.4, 0.5) is 0 Å². The van der Waals surface area contributed by atoms with Gasteiger partial charge in [-0.15, -0.1) is 0 Å². The summed E-state index contributed by atoms with van der Waals surface area (Å²) >= 11 is 0. The minimum atomic E-state index is 0.642. The van der Waals surface area contributed by atoms with E-state index in [1.54, 1.807) is 0 Å². The van der Waals surface area contributed by atoms with E-state index < -0.39 is 0 Å². The molecule has 0 fully saturated rings. The van der Waals surface area contributed by atoms with E-state index in [-0.39, 0.29) is 0 Å². The molecule has 0 unspecified atom stereocenters. The fourth-order valence-electron chi connectivity index (χ4n) is 1.87. The average molecular weight is 233 g/mol. The molecule has 2 N–H and O–H groups in total. The van der Waals surface area contributed by atoms with Crippen LogP contribution in [0.1, 0.15) is 11.1 Å². The summed E-state index contributed by atoms with van der Waals surface area (Å²) in [4.78, 5) is 4.25. The second-order valence-electron chi connectivity index (χ2n) is 4.26. The molecule has 1 aliphatic heterocycles. The summed E-state index contributed by atoms with van der Waals surface area (Å²) in [5.41, 5.74) is 2.46. The minimum Gasteiger partial charge on any atom is -0.492 e. The van der Waals surface area contributed by atoms with E-state index in [4.69, 9.17) is 4.74 Å². The van der Waals surface area contributed by atoms with Crippen molar-refractivity contribution in [3.8, 4) is 5.75 Å². The number of nitrogens with zero attached hydrogens (tertiary/aromatic N) is 1. The topological polar surface area (TPSA) is 45.6 Å². The summed E-state index contributed by atoms with van der Waals surface area (Å²) in [5, 5.41) is 6.35. The maximum Gasteiger partial charge on any atom is 0.191 e. The predicted molar refractivity (Wildman–Crippen MR) is 69.7 cm³/mol. The standard InChI is InChI=1S/C13H19N3O/c1-10-7-11(2)9-12(8-10)17-6-5-16-13-14-3-4-15-13/h7-9H,3-6H2,1-2H3,(H2,14,15,16). The quantitative estimate of drug-likeness (QED) is 0.769. The van der Waals surface area contributed by atoms with Crippen molar-refractivity contribution < 1.29 is 4.74 Å². The molecule has 0 aromatic heterocycles. The summed E-state index contributed by atoms with van der Waals surface area (Å²) in [6.07, 6.45) is 0. The van der Waals surface area contributed by atoms with Crippen LogP contribution in [0.3, 0.4) is 0 Å². The summed E-state index contributed by atoms with van der Waals surface area (Å²) in [6, 6.07) is 6.25. The first-order valence-corrected chi connectivity index (χ1v) is 5.97. The molecule has 17 heavy (non-hydrogen) atoms. The molecule has 1 aromatic rings. The molecule has 0 bridgehead atoms. The van der Waals surface area contributed by atoms with Crippen LogP contribution in [0.2, 0.25) is 0 Å². The Hall–Kier alpha value is -1.71. The highest BCUT2D eigenvalue weighted by molar-refractivity contribution is 5.81. The molecule has 0 aliphatic carbocycles. The number of rotatable bonds is 4. The van der Waals surface area contributed by atoms with Gasteiger partial charge in [-0.1, -0.05) is 6.07 Å². The lowest BCUT2D eigenvalue weighted by molar-refractivity contribution is 0.321. The van der Waals surface area contributed by atoms with Crippen molar-refractivity contribution in [3.05, 3.63) is 29.3 Å². The van der Waals surface area contributed by atoms with Gasteiger partial charge < -0.3 is 15.4 Å². The molecule has 4 heteroatoms. The highest BCUT2D eigenvalue weighted by atomic mass is 16.5. The molecular formula is C13H19N3O. The van der Waals surface area contributed by atoms with Crippen molar-refractivity contribution in [1.82, 2.24) is 10.6 Å². The van der Waals surface area contributed by atoms with Crippen molar-refractivity contribution in [2.45, 2.75) is 13.8 Å². The Balaban J connectivity index is 1.74. The second-order valence-corrected chi connectivity index (χ2v) is 4.26. The van der Waals surface area contributed by atoms with Gasteiger partial charge in [0.05, 0.1) is 13.1 Å². The largest absolute Gasteiger partial charge is 0.492 e. The van der Waals surface area contributed by atoms with Crippen molar-refractivity contribution in [2.75, 3.05) is 26.2 Å². The number of aliphatic imine (C=N–C) groups is 1. The van der Waals surface area contributed by atoms with Gasteiger partial charge in [0, 0.05) is 6.54 Å². The van der Waals surface area contributed by atoms with E-state index in [0.29, 0.717) is 6.61 Å². The third-order valence-corrected chi connectivity index (χ3v) is 2.53. The smallest absolute Gasteiger partial charge is 0.191 e. The van der Waals surface area contributed by atoms with E-state index >= 15 is 0 Å². The zero-order valence-electron chi connectivity index (χ0n) is 10.4. The lowest BCUT2D eigenvalue weighted by atomic mass is 10.1. The van der Waals surface area contributed by atoms with E-state index in [9.17, 15) is 0 Å². The van der Waals surface area contributed by atoms with Crippen LogP contribution in [0.5, 0.6) is 5.75 Å². The lowest BCUT2D eigenvalue weighted by Gasteiger charge is -2.09. The van der Waals surface area contributed by atoms with Crippen molar-refractivity contribution in [1.29, 1.82) is 0 Å². The highest BCUT2D eigenvalue weighted by Gasteiger charge is 2.03. The molecule has 1 aromatic carbocycles.